The molecule has 204 valence electrons. The molecule has 1 fully saturated rings. The van der Waals surface area contributed by atoms with Crippen molar-refractivity contribution in [3.63, 3.8) is 0 Å². The first-order valence-electron chi connectivity index (χ1n) is 12.9. The number of methoxy groups -OCH3 is 2. The van der Waals surface area contributed by atoms with Gasteiger partial charge < -0.3 is 19.3 Å². The number of rotatable bonds is 9. The molecule has 7 nitrogen and oxygen atoms in total. The first kappa shape index (κ1) is 27.3. The van der Waals surface area contributed by atoms with E-state index in [-0.39, 0.29) is 27.7 Å². The Hall–Kier alpha value is -3.30. The maximum Gasteiger partial charge on any atom is 0.336 e. The number of hydrogen-bond acceptors (Lipinski definition) is 7. The van der Waals surface area contributed by atoms with Gasteiger partial charge in [-0.15, -0.1) is 0 Å². The van der Waals surface area contributed by atoms with E-state index in [0.29, 0.717) is 0 Å². The van der Waals surface area contributed by atoms with Gasteiger partial charge in [-0.1, -0.05) is 78.9 Å². The number of esters is 1. The van der Waals surface area contributed by atoms with Gasteiger partial charge in [0.25, 0.3) is 0 Å². The lowest BCUT2D eigenvalue weighted by molar-refractivity contribution is -0.351. The van der Waals surface area contributed by atoms with Gasteiger partial charge in [-0.2, -0.15) is 0 Å². The first-order chi connectivity index (χ1) is 18.8. The molecular formula is C31H32O7S. The second-order valence-corrected chi connectivity index (χ2v) is 12.0. The van der Waals surface area contributed by atoms with Crippen molar-refractivity contribution in [3.8, 4) is 0 Å². The lowest BCUT2D eigenvalue weighted by atomic mass is 9.57. The number of fused-ring (bicyclic) bond motifs is 1. The number of carbonyl (C=O) groups is 1. The van der Waals surface area contributed by atoms with Crippen LogP contribution in [0.4, 0.5) is 0 Å². The Morgan fingerprint density at radius 2 is 1.36 bits per heavy atom. The third-order valence-corrected chi connectivity index (χ3v) is 9.93. The molecule has 4 atom stereocenters. The van der Waals surface area contributed by atoms with Crippen LogP contribution in [0, 0.1) is 17.8 Å². The molecule has 2 aliphatic carbocycles. The fourth-order valence-electron chi connectivity index (χ4n) is 6.35. The predicted molar refractivity (Wildman–Crippen MR) is 145 cm³/mol. The van der Waals surface area contributed by atoms with Gasteiger partial charge in [0.15, 0.2) is 11.9 Å². The summed E-state index contributed by atoms with van der Waals surface area (Å²) in [5.74, 6) is -3.79. The molecule has 0 aromatic heterocycles. The number of aliphatic hydroxyl groups is 1. The highest BCUT2D eigenvalue weighted by atomic mass is 32.2. The van der Waals surface area contributed by atoms with Crippen LogP contribution in [0.25, 0.3) is 0 Å². The van der Waals surface area contributed by atoms with Gasteiger partial charge in [-0.05, 0) is 42.5 Å². The zero-order valence-corrected chi connectivity index (χ0v) is 22.9. The van der Waals surface area contributed by atoms with E-state index < -0.39 is 45.6 Å². The molecule has 2 aliphatic rings. The number of carbonyl (C=O) groups excluding carboxylic acids is 1. The van der Waals surface area contributed by atoms with Crippen LogP contribution < -0.4 is 0 Å². The number of benzene rings is 3. The summed E-state index contributed by atoms with van der Waals surface area (Å²) in [4.78, 5) is 14.2. The van der Waals surface area contributed by atoms with E-state index in [1.807, 2.05) is 60.7 Å². The highest BCUT2D eigenvalue weighted by Crippen LogP contribution is 2.64. The third kappa shape index (κ3) is 4.51. The van der Waals surface area contributed by atoms with Crippen LogP contribution >= 0.6 is 0 Å². The fourth-order valence-corrected chi connectivity index (χ4v) is 8.06. The van der Waals surface area contributed by atoms with E-state index in [1.165, 1.54) is 26.4 Å². The zero-order chi connectivity index (χ0) is 27.8. The maximum atomic E-state index is 14.2. The third-order valence-electron chi connectivity index (χ3n) is 8.01. The van der Waals surface area contributed by atoms with Crippen LogP contribution in [-0.4, -0.2) is 45.6 Å². The van der Waals surface area contributed by atoms with Crippen molar-refractivity contribution in [1.29, 1.82) is 0 Å². The van der Waals surface area contributed by atoms with E-state index in [9.17, 15) is 18.3 Å². The van der Waals surface area contributed by atoms with Crippen LogP contribution in [0.15, 0.2) is 106 Å². The topological polar surface area (TPSA) is 99.1 Å². The van der Waals surface area contributed by atoms with Crippen molar-refractivity contribution < 1.29 is 32.5 Å². The second kappa shape index (κ2) is 10.7. The lowest BCUT2D eigenvalue weighted by Crippen LogP contribution is -2.67. The van der Waals surface area contributed by atoms with Gasteiger partial charge in [0.2, 0.25) is 9.84 Å². The molecule has 0 bridgehead atoms. The van der Waals surface area contributed by atoms with E-state index >= 15 is 0 Å². The lowest BCUT2D eigenvalue weighted by Gasteiger charge is -2.58. The zero-order valence-electron chi connectivity index (χ0n) is 22.1. The Kier molecular flexibility index (Phi) is 7.48. The second-order valence-electron chi connectivity index (χ2n) is 10.0. The summed E-state index contributed by atoms with van der Waals surface area (Å²) in [6, 6.07) is 26.6. The number of sulfone groups is 1. The molecule has 0 saturated heterocycles. The van der Waals surface area contributed by atoms with Crippen molar-refractivity contribution in [3.05, 3.63) is 113 Å². The van der Waals surface area contributed by atoms with Crippen LogP contribution in [0.3, 0.4) is 0 Å². The van der Waals surface area contributed by atoms with Crippen LogP contribution in [0.1, 0.15) is 30.6 Å². The number of ether oxygens (including phenoxy) is 3. The Balaban J connectivity index is 1.64. The predicted octanol–water partition coefficient (Wildman–Crippen LogP) is 4.68. The minimum Gasteiger partial charge on any atom is -0.449 e. The van der Waals surface area contributed by atoms with E-state index in [0.717, 1.165) is 11.1 Å². The van der Waals surface area contributed by atoms with E-state index in [2.05, 4.69) is 0 Å². The summed E-state index contributed by atoms with van der Waals surface area (Å²) in [5.41, 5.74) is 1.51. The molecular weight excluding hydrogens is 516 g/mol. The van der Waals surface area contributed by atoms with E-state index in [4.69, 9.17) is 14.2 Å². The monoisotopic (exact) mass is 548 g/mol. The summed E-state index contributed by atoms with van der Waals surface area (Å²) >= 11 is 0. The maximum absolute atomic E-state index is 14.2. The summed E-state index contributed by atoms with van der Waals surface area (Å²) < 4.78 is 45.7. The number of aliphatic hydroxyl groups excluding tert-OH is 1. The van der Waals surface area contributed by atoms with Gasteiger partial charge in [-0.3, -0.25) is 0 Å². The average Bonchev–Trinajstić information content (AvgIpc) is 3.30. The first-order valence-corrected chi connectivity index (χ1v) is 14.4. The Morgan fingerprint density at radius 3 is 1.82 bits per heavy atom. The SMILES string of the molecule is COC1(OC)C2C(C(=O)OC(c3ccccc3)c3ccccc3)=C(S(=O)(=O)c3ccccc3)CC2C1C(C)O. The molecule has 0 spiro atoms. The minimum atomic E-state index is -4.05. The van der Waals surface area contributed by atoms with Gasteiger partial charge >= 0.3 is 5.97 Å². The largest absolute Gasteiger partial charge is 0.449 e. The Labute approximate surface area is 229 Å². The summed E-state index contributed by atoms with van der Waals surface area (Å²) in [6.45, 7) is 1.62. The summed E-state index contributed by atoms with van der Waals surface area (Å²) in [5, 5.41) is 10.6. The van der Waals surface area contributed by atoms with E-state index in [1.54, 1.807) is 25.1 Å². The van der Waals surface area contributed by atoms with Gasteiger partial charge in [0.05, 0.1) is 27.4 Å². The molecule has 1 N–H and O–H groups in total. The average molecular weight is 549 g/mol. The molecule has 39 heavy (non-hydrogen) atoms. The minimum absolute atomic E-state index is 0.0151. The van der Waals surface area contributed by atoms with Crippen molar-refractivity contribution in [2.75, 3.05) is 14.2 Å². The Bertz CT molecular complexity index is 1410. The molecule has 5 rings (SSSR count). The molecule has 0 aliphatic heterocycles. The van der Waals surface area contributed by atoms with Crippen molar-refractivity contribution >= 4 is 15.8 Å². The highest BCUT2D eigenvalue weighted by Gasteiger charge is 2.70. The quantitative estimate of drug-likeness (QED) is 0.306. The number of allylic oxidation sites excluding steroid dienone is 1. The highest BCUT2D eigenvalue weighted by molar-refractivity contribution is 7.95. The molecule has 8 heteroatoms. The molecule has 3 aromatic rings. The standard InChI is InChI=1S/C31H32O7S/c1-20(32)27-24-19-25(39(34,35)23-17-11-6-12-18-23)26(28(24)31(27,36-2)37-3)30(33)38-29(21-13-7-4-8-14-21)22-15-9-5-10-16-22/h4-18,20,24,27-29,32H,19H2,1-3H3. The summed E-state index contributed by atoms with van der Waals surface area (Å²) in [7, 11) is -1.17. The fraction of sp³-hybridized carbons (Fsp3) is 0.323. The van der Waals surface area contributed by atoms with Crippen molar-refractivity contribution in [1.82, 2.24) is 0 Å². The summed E-state index contributed by atoms with van der Waals surface area (Å²) in [6.07, 6.45) is -1.56. The Morgan fingerprint density at radius 1 is 0.872 bits per heavy atom. The van der Waals surface area contributed by atoms with Gasteiger partial charge in [-0.25, -0.2) is 13.2 Å². The molecule has 0 radical (unpaired) electrons. The molecule has 4 unspecified atom stereocenters. The number of hydrogen-bond donors (Lipinski definition) is 1. The van der Waals surface area contributed by atoms with Crippen LogP contribution in [-0.2, 0) is 28.8 Å². The smallest absolute Gasteiger partial charge is 0.336 e. The van der Waals surface area contributed by atoms with Gasteiger partial charge in [0, 0.05) is 20.1 Å². The van der Waals surface area contributed by atoms with Crippen molar-refractivity contribution in [2.45, 2.75) is 36.2 Å². The van der Waals surface area contributed by atoms with Crippen molar-refractivity contribution in [2.24, 2.45) is 17.8 Å². The normalized spacial score (nSPS) is 22.7. The van der Waals surface area contributed by atoms with Crippen LogP contribution in [0.5, 0.6) is 0 Å². The molecule has 3 aromatic carbocycles. The molecule has 0 heterocycles. The molecule has 0 amide bonds. The van der Waals surface area contributed by atoms with Crippen LogP contribution in [0.2, 0.25) is 0 Å². The van der Waals surface area contributed by atoms with Gasteiger partial charge in [0.1, 0.15) is 0 Å². The molecule has 1 saturated carbocycles.